The SMILES string of the molecule is CNCNC(=O)c1c(F)c(F)c(OC)c(F)c1F. The Kier molecular flexibility index (Phi) is 4.49. The average molecular weight is 266 g/mol. The van der Waals surface area contributed by atoms with E-state index in [-0.39, 0.29) is 6.67 Å². The smallest absolute Gasteiger partial charge is 0.258 e. The molecule has 0 radical (unpaired) electrons. The Morgan fingerprint density at radius 2 is 1.61 bits per heavy atom. The number of nitrogens with one attached hydrogen (secondary N) is 2. The van der Waals surface area contributed by atoms with Gasteiger partial charge in [-0.25, -0.2) is 8.78 Å². The molecule has 0 aliphatic rings. The minimum absolute atomic E-state index is 0.118. The number of amides is 1. The summed E-state index contributed by atoms with van der Waals surface area (Å²) in [5, 5.41) is 4.49. The van der Waals surface area contributed by atoms with E-state index >= 15 is 0 Å². The van der Waals surface area contributed by atoms with Crippen LogP contribution < -0.4 is 15.4 Å². The van der Waals surface area contributed by atoms with Crippen LogP contribution in [0.3, 0.4) is 0 Å². The molecule has 1 aromatic carbocycles. The van der Waals surface area contributed by atoms with Gasteiger partial charge in [0.15, 0.2) is 17.4 Å². The first-order valence-electron chi connectivity index (χ1n) is 4.78. The molecule has 100 valence electrons. The van der Waals surface area contributed by atoms with Gasteiger partial charge in [-0.1, -0.05) is 0 Å². The molecule has 8 heteroatoms. The molecule has 0 heterocycles. The lowest BCUT2D eigenvalue weighted by Gasteiger charge is -2.11. The standard InChI is InChI=1S/C10H10F4N2O2/c1-15-3-16-10(17)4-5(11)7(13)9(18-2)8(14)6(4)12/h15H,3H2,1-2H3,(H,16,17). The lowest BCUT2D eigenvalue weighted by molar-refractivity contribution is 0.0940. The number of carbonyl (C=O) groups excluding carboxylic acids is 1. The molecule has 0 unspecified atom stereocenters. The quantitative estimate of drug-likeness (QED) is 0.488. The van der Waals surface area contributed by atoms with E-state index in [9.17, 15) is 22.4 Å². The number of carbonyl (C=O) groups is 1. The number of rotatable bonds is 4. The lowest BCUT2D eigenvalue weighted by Crippen LogP contribution is -2.33. The van der Waals surface area contributed by atoms with Crippen LogP contribution in [0, 0.1) is 23.3 Å². The van der Waals surface area contributed by atoms with Gasteiger partial charge in [-0.3, -0.25) is 4.79 Å². The summed E-state index contributed by atoms with van der Waals surface area (Å²) in [5.41, 5.74) is -1.33. The predicted molar refractivity (Wildman–Crippen MR) is 54.2 cm³/mol. The maximum Gasteiger partial charge on any atom is 0.258 e. The second-order valence-electron chi connectivity index (χ2n) is 3.20. The highest BCUT2D eigenvalue weighted by Gasteiger charge is 2.29. The third-order valence-corrected chi connectivity index (χ3v) is 2.08. The monoisotopic (exact) mass is 266 g/mol. The van der Waals surface area contributed by atoms with Crippen molar-refractivity contribution >= 4 is 5.91 Å². The van der Waals surface area contributed by atoms with Crippen LogP contribution in [0.1, 0.15) is 10.4 Å². The van der Waals surface area contributed by atoms with Crippen LogP contribution in [0.2, 0.25) is 0 Å². The van der Waals surface area contributed by atoms with E-state index < -0.39 is 40.5 Å². The highest BCUT2D eigenvalue weighted by atomic mass is 19.2. The summed E-state index contributed by atoms with van der Waals surface area (Å²) in [6, 6.07) is 0. The molecule has 0 atom stereocenters. The normalized spacial score (nSPS) is 10.3. The molecule has 0 saturated carbocycles. The molecule has 1 rings (SSSR count). The molecule has 2 N–H and O–H groups in total. The molecule has 0 fully saturated rings. The zero-order valence-corrected chi connectivity index (χ0v) is 9.54. The number of ether oxygens (including phenoxy) is 1. The topological polar surface area (TPSA) is 50.4 Å². The van der Waals surface area contributed by atoms with Crippen molar-refractivity contribution in [1.29, 1.82) is 0 Å². The summed E-state index contributed by atoms with van der Waals surface area (Å²) in [6.07, 6.45) is 0. The van der Waals surface area contributed by atoms with Crippen molar-refractivity contribution in [3.8, 4) is 5.75 Å². The Bertz CT molecular complexity index is 450. The van der Waals surface area contributed by atoms with E-state index in [2.05, 4.69) is 10.1 Å². The van der Waals surface area contributed by atoms with Crippen LogP contribution in [0.5, 0.6) is 5.75 Å². The molecule has 0 spiro atoms. The van der Waals surface area contributed by atoms with Gasteiger partial charge in [0.2, 0.25) is 11.6 Å². The second-order valence-corrected chi connectivity index (χ2v) is 3.20. The second kappa shape index (κ2) is 5.67. The van der Waals surface area contributed by atoms with Crippen molar-refractivity contribution < 1.29 is 27.1 Å². The molecular formula is C10H10F4N2O2. The third-order valence-electron chi connectivity index (χ3n) is 2.08. The molecular weight excluding hydrogens is 256 g/mol. The minimum Gasteiger partial charge on any atom is -0.491 e. The first-order chi connectivity index (χ1) is 8.45. The van der Waals surface area contributed by atoms with Crippen molar-refractivity contribution in [1.82, 2.24) is 10.6 Å². The van der Waals surface area contributed by atoms with Gasteiger partial charge in [-0.15, -0.1) is 0 Å². The van der Waals surface area contributed by atoms with Crippen molar-refractivity contribution in [3.05, 3.63) is 28.8 Å². The molecule has 0 aromatic heterocycles. The minimum atomic E-state index is -1.81. The number of methoxy groups -OCH3 is 1. The number of halogens is 4. The van der Waals surface area contributed by atoms with E-state index in [4.69, 9.17) is 0 Å². The van der Waals surface area contributed by atoms with Crippen LogP contribution in [0.25, 0.3) is 0 Å². The molecule has 1 aromatic rings. The van der Waals surface area contributed by atoms with Gasteiger partial charge in [0.1, 0.15) is 5.56 Å². The highest BCUT2D eigenvalue weighted by Crippen LogP contribution is 2.29. The van der Waals surface area contributed by atoms with Crippen molar-refractivity contribution in [2.24, 2.45) is 0 Å². The van der Waals surface area contributed by atoms with Gasteiger partial charge in [0.05, 0.1) is 13.8 Å². The van der Waals surface area contributed by atoms with E-state index in [1.54, 1.807) is 0 Å². The Balaban J connectivity index is 3.33. The van der Waals surface area contributed by atoms with Gasteiger partial charge in [0, 0.05) is 0 Å². The maximum absolute atomic E-state index is 13.4. The van der Waals surface area contributed by atoms with Crippen LogP contribution >= 0.6 is 0 Å². The fourth-order valence-electron chi connectivity index (χ4n) is 1.25. The van der Waals surface area contributed by atoms with Gasteiger partial charge < -0.3 is 15.4 Å². The van der Waals surface area contributed by atoms with E-state index in [1.165, 1.54) is 7.05 Å². The molecule has 0 bridgehead atoms. The van der Waals surface area contributed by atoms with Gasteiger partial charge in [0.25, 0.3) is 5.91 Å². The summed E-state index contributed by atoms with van der Waals surface area (Å²) < 4.78 is 57.6. The third kappa shape index (κ3) is 2.37. The molecule has 18 heavy (non-hydrogen) atoms. The van der Waals surface area contributed by atoms with Crippen LogP contribution in [0.15, 0.2) is 0 Å². The molecule has 0 aliphatic heterocycles. The zero-order chi connectivity index (χ0) is 13.9. The summed E-state index contributed by atoms with van der Waals surface area (Å²) in [6.45, 7) is -0.118. The van der Waals surface area contributed by atoms with Crippen LogP contribution in [0.4, 0.5) is 17.6 Å². The Morgan fingerprint density at radius 1 is 1.11 bits per heavy atom. The molecule has 0 aliphatic carbocycles. The van der Waals surface area contributed by atoms with Crippen molar-refractivity contribution in [3.63, 3.8) is 0 Å². The Hall–Kier alpha value is -1.83. The van der Waals surface area contributed by atoms with Crippen LogP contribution in [-0.4, -0.2) is 26.7 Å². The van der Waals surface area contributed by atoms with Crippen molar-refractivity contribution in [2.45, 2.75) is 0 Å². The summed E-state index contributed by atoms with van der Waals surface area (Å²) in [7, 11) is 2.31. The number of benzene rings is 1. The molecule has 1 amide bonds. The van der Waals surface area contributed by atoms with Gasteiger partial charge >= 0.3 is 0 Å². The molecule has 4 nitrogen and oxygen atoms in total. The fraction of sp³-hybridized carbons (Fsp3) is 0.300. The van der Waals surface area contributed by atoms with Crippen molar-refractivity contribution in [2.75, 3.05) is 20.8 Å². The largest absolute Gasteiger partial charge is 0.491 e. The van der Waals surface area contributed by atoms with E-state index in [0.717, 1.165) is 7.11 Å². The van der Waals surface area contributed by atoms with E-state index in [0.29, 0.717) is 0 Å². The Morgan fingerprint density at radius 3 is 2.00 bits per heavy atom. The Labute approximate surface area is 99.9 Å². The zero-order valence-electron chi connectivity index (χ0n) is 9.54. The first-order valence-corrected chi connectivity index (χ1v) is 4.78. The first kappa shape index (κ1) is 14.2. The number of hydrogen-bond acceptors (Lipinski definition) is 3. The van der Waals surface area contributed by atoms with Crippen LogP contribution in [-0.2, 0) is 0 Å². The summed E-state index contributed by atoms with van der Waals surface area (Å²) >= 11 is 0. The average Bonchev–Trinajstić information content (AvgIpc) is 2.35. The fourth-order valence-corrected chi connectivity index (χ4v) is 1.25. The van der Waals surface area contributed by atoms with Gasteiger partial charge in [-0.05, 0) is 7.05 Å². The predicted octanol–water partition coefficient (Wildman–Crippen LogP) is 1.16. The summed E-state index contributed by atoms with van der Waals surface area (Å²) in [5.74, 6) is -9.62. The maximum atomic E-state index is 13.4. The highest BCUT2D eigenvalue weighted by molar-refractivity contribution is 5.95. The number of hydrogen-bond donors (Lipinski definition) is 2. The summed E-state index contributed by atoms with van der Waals surface area (Å²) in [4.78, 5) is 11.3. The van der Waals surface area contributed by atoms with E-state index in [1.807, 2.05) is 5.32 Å². The van der Waals surface area contributed by atoms with Gasteiger partial charge in [-0.2, -0.15) is 8.78 Å². The molecule has 0 saturated heterocycles. The lowest BCUT2D eigenvalue weighted by atomic mass is 10.1.